The molecule has 4 heteroatoms. The molecule has 0 aliphatic carbocycles. The van der Waals surface area contributed by atoms with E-state index in [1.54, 1.807) is 0 Å². The van der Waals surface area contributed by atoms with Gasteiger partial charge in [0.15, 0.2) is 0 Å². The maximum Gasteiger partial charge on any atom is 0.201 e. The normalized spacial score (nSPS) is 13.0. The second kappa shape index (κ2) is 3.67. The fourth-order valence-corrected chi connectivity index (χ4v) is 1.30. The average molecular weight is 191 g/mol. The molecule has 1 unspecified atom stereocenters. The Bertz CT molecular complexity index is 391. The standard InChI is InChI=1S/C10H13N3O/c1-7(6-14)11-10-12-8-4-2-3-5-9(8)13-10/h2-5,7,14H,6H2,1H3,(H2,11,12,13). The molecule has 0 spiro atoms. The van der Waals surface area contributed by atoms with E-state index in [0.717, 1.165) is 11.0 Å². The number of fused-ring (bicyclic) bond motifs is 1. The maximum atomic E-state index is 8.87. The number of aromatic nitrogens is 2. The van der Waals surface area contributed by atoms with Crippen LogP contribution in [0, 0.1) is 0 Å². The van der Waals surface area contributed by atoms with Gasteiger partial charge in [0.25, 0.3) is 0 Å². The molecular weight excluding hydrogens is 178 g/mol. The zero-order chi connectivity index (χ0) is 9.97. The Kier molecular flexibility index (Phi) is 2.37. The highest BCUT2D eigenvalue weighted by atomic mass is 16.3. The molecule has 0 aliphatic rings. The van der Waals surface area contributed by atoms with Gasteiger partial charge < -0.3 is 15.4 Å². The van der Waals surface area contributed by atoms with Crippen molar-refractivity contribution in [3.8, 4) is 0 Å². The summed E-state index contributed by atoms with van der Waals surface area (Å²) in [6.07, 6.45) is 0. The van der Waals surface area contributed by atoms with Crippen LogP contribution in [0.5, 0.6) is 0 Å². The number of aromatic amines is 1. The molecular formula is C10H13N3O. The summed E-state index contributed by atoms with van der Waals surface area (Å²) in [5.41, 5.74) is 1.93. The molecule has 3 N–H and O–H groups in total. The van der Waals surface area contributed by atoms with Crippen LogP contribution in [0.2, 0.25) is 0 Å². The van der Waals surface area contributed by atoms with E-state index in [-0.39, 0.29) is 12.6 Å². The second-order valence-electron chi connectivity index (χ2n) is 3.33. The lowest BCUT2D eigenvalue weighted by Gasteiger charge is -2.07. The van der Waals surface area contributed by atoms with Gasteiger partial charge in [-0.05, 0) is 19.1 Å². The van der Waals surface area contributed by atoms with Crippen molar-refractivity contribution < 1.29 is 5.11 Å². The number of aliphatic hydroxyl groups excluding tert-OH is 1. The van der Waals surface area contributed by atoms with E-state index in [0.29, 0.717) is 5.95 Å². The minimum Gasteiger partial charge on any atom is -0.394 e. The molecule has 4 nitrogen and oxygen atoms in total. The average Bonchev–Trinajstić information content (AvgIpc) is 2.59. The van der Waals surface area contributed by atoms with Gasteiger partial charge in [-0.3, -0.25) is 0 Å². The Hall–Kier alpha value is -1.55. The molecule has 0 bridgehead atoms. The lowest BCUT2D eigenvalue weighted by Crippen LogP contribution is -2.19. The zero-order valence-corrected chi connectivity index (χ0v) is 7.99. The Labute approximate surface area is 82.0 Å². The third-order valence-electron chi connectivity index (χ3n) is 2.05. The van der Waals surface area contributed by atoms with Crippen molar-refractivity contribution in [2.24, 2.45) is 0 Å². The number of rotatable bonds is 3. The molecule has 1 atom stereocenters. The predicted octanol–water partition coefficient (Wildman–Crippen LogP) is 1.36. The minimum atomic E-state index is 0.00978. The highest BCUT2D eigenvalue weighted by molar-refractivity contribution is 5.77. The van der Waals surface area contributed by atoms with Crippen LogP contribution in [-0.4, -0.2) is 27.7 Å². The molecule has 74 valence electrons. The number of imidazole rings is 1. The number of hydrogen-bond donors (Lipinski definition) is 3. The van der Waals surface area contributed by atoms with Crippen LogP contribution >= 0.6 is 0 Å². The van der Waals surface area contributed by atoms with E-state index >= 15 is 0 Å². The zero-order valence-electron chi connectivity index (χ0n) is 7.99. The third-order valence-corrected chi connectivity index (χ3v) is 2.05. The van der Waals surface area contributed by atoms with E-state index in [9.17, 15) is 0 Å². The lowest BCUT2D eigenvalue weighted by molar-refractivity contribution is 0.281. The summed E-state index contributed by atoms with van der Waals surface area (Å²) in [6.45, 7) is 1.99. The third kappa shape index (κ3) is 1.70. The lowest BCUT2D eigenvalue weighted by atomic mass is 10.3. The van der Waals surface area contributed by atoms with Crippen molar-refractivity contribution in [2.75, 3.05) is 11.9 Å². The van der Waals surface area contributed by atoms with Crippen LogP contribution in [0.25, 0.3) is 11.0 Å². The first-order valence-corrected chi connectivity index (χ1v) is 4.62. The van der Waals surface area contributed by atoms with Gasteiger partial charge in [-0.2, -0.15) is 0 Å². The van der Waals surface area contributed by atoms with Gasteiger partial charge in [-0.25, -0.2) is 4.98 Å². The van der Waals surface area contributed by atoms with Crippen molar-refractivity contribution in [1.82, 2.24) is 9.97 Å². The van der Waals surface area contributed by atoms with E-state index in [1.807, 2.05) is 31.2 Å². The van der Waals surface area contributed by atoms with E-state index in [4.69, 9.17) is 5.11 Å². The number of nitrogens with zero attached hydrogens (tertiary/aromatic N) is 1. The number of H-pyrrole nitrogens is 1. The summed E-state index contributed by atoms with van der Waals surface area (Å²) in [6, 6.07) is 7.83. The van der Waals surface area contributed by atoms with Gasteiger partial charge >= 0.3 is 0 Å². The fraction of sp³-hybridized carbons (Fsp3) is 0.300. The van der Waals surface area contributed by atoms with Crippen molar-refractivity contribution in [2.45, 2.75) is 13.0 Å². The minimum absolute atomic E-state index is 0.00978. The van der Waals surface area contributed by atoms with E-state index < -0.39 is 0 Å². The molecule has 0 amide bonds. The first-order valence-electron chi connectivity index (χ1n) is 4.62. The SMILES string of the molecule is CC(CO)Nc1nc2ccccc2[nH]1. The molecule has 1 heterocycles. The topological polar surface area (TPSA) is 60.9 Å². The molecule has 1 aromatic heterocycles. The van der Waals surface area contributed by atoms with Gasteiger partial charge in [0.05, 0.1) is 17.6 Å². The highest BCUT2D eigenvalue weighted by Crippen LogP contribution is 2.13. The summed E-state index contributed by atoms with van der Waals surface area (Å²) >= 11 is 0. The van der Waals surface area contributed by atoms with Crippen LogP contribution in [0.1, 0.15) is 6.92 Å². The molecule has 1 aromatic carbocycles. The number of aliphatic hydroxyl groups is 1. The monoisotopic (exact) mass is 191 g/mol. The van der Waals surface area contributed by atoms with E-state index in [1.165, 1.54) is 0 Å². The fourth-order valence-electron chi connectivity index (χ4n) is 1.30. The summed E-state index contributed by atoms with van der Waals surface area (Å²) in [5.74, 6) is 0.702. The Morgan fingerprint density at radius 2 is 2.29 bits per heavy atom. The van der Waals surface area contributed by atoms with Crippen LogP contribution < -0.4 is 5.32 Å². The summed E-state index contributed by atoms with van der Waals surface area (Å²) < 4.78 is 0. The number of nitrogens with one attached hydrogen (secondary N) is 2. The van der Waals surface area contributed by atoms with Gasteiger partial charge in [0.1, 0.15) is 0 Å². The van der Waals surface area contributed by atoms with Crippen molar-refractivity contribution in [1.29, 1.82) is 0 Å². The molecule has 0 saturated carbocycles. The Morgan fingerprint density at radius 3 is 3.00 bits per heavy atom. The molecule has 2 rings (SSSR count). The Morgan fingerprint density at radius 1 is 1.50 bits per heavy atom. The molecule has 14 heavy (non-hydrogen) atoms. The molecule has 0 radical (unpaired) electrons. The number of para-hydroxylation sites is 2. The van der Waals surface area contributed by atoms with Gasteiger partial charge in [-0.1, -0.05) is 12.1 Å². The van der Waals surface area contributed by atoms with Crippen molar-refractivity contribution >= 4 is 17.0 Å². The predicted molar refractivity (Wildman–Crippen MR) is 56.3 cm³/mol. The molecule has 0 fully saturated rings. The maximum absolute atomic E-state index is 8.87. The molecule has 0 saturated heterocycles. The number of anilines is 1. The summed E-state index contributed by atoms with van der Waals surface area (Å²) in [4.78, 5) is 7.45. The number of hydrogen-bond acceptors (Lipinski definition) is 3. The van der Waals surface area contributed by atoms with E-state index in [2.05, 4.69) is 15.3 Å². The van der Waals surface area contributed by atoms with Crippen molar-refractivity contribution in [3.05, 3.63) is 24.3 Å². The molecule has 0 aliphatic heterocycles. The van der Waals surface area contributed by atoms with Crippen LogP contribution in [0.15, 0.2) is 24.3 Å². The number of benzene rings is 1. The van der Waals surface area contributed by atoms with Crippen LogP contribution in [-0.2, 0) is 0 Å². The van der Waals surface area contributed by atoms with Crippen molar-refractivity contribution in [3.63, 3.8) is 0 Å². The smallest absolute Gasteiger partial charge is 0.201 e. The Balaban J connectivity index is 2.27. The van der Waals surface area contributed by atoms with Crippen LogP contribution in [0.3, 0.4) is 0 Å². The highest BCUT2D eigenvalue weighted by Gasteiger charge is 2.04. The van der Waals surface area contributed by atoms with Crippen LogP contribution in [0.4, 0.5) is 5.95 Å². The first-order chi connectivity index (χ1) is 6.79. The summed E-state index contributed by atoms with van der Waals surface area (Å²) in [7, 11) is 0. The first kappa shape index (κ1) is 9.02. The quantitative estimate of drug-likeness (QED) is 0.686. The van der Waals surface area contributed by atoms with Gasteiger partial charge in [0, 0.05) is 6.04 Å². The molecule has 2 aromatic rings. The van der Waals surface area contributed by atoms with Gasteiger partial charge in [0.2, 0.25) is 5.95 Å². The second-order valence-corrected chi connectivity index (χ2v) is 3.33. The largest absolute Gasteiger partial charge is 0.394 e. The summed E-state index contributed by atoms with van der Waals surface area (Å²) in [5, 5.41) is 11.9. The van der Waals surface area contributed by atoms with Gasteiger partial charge in [-0.15, -0.1) is 0 Å².